The van der Waals surface area contributed by atoms with E-state index in [9.17, 15) is 9.59 Å². The number of nitrogens with one attached hydrogen (secondary N) is 1. The minimum atomic E-state index is -0.941. The highest BCUT2D eigenvalue weighted by Crippen LogP contribution is 2.45. The number of carbonyl (C=O) groups excluding carboxylic acids is 1. The monoisotopic (exact) mass is 332 g/mol. The maximum atomic E-state index is 12.3. The van der Waals surface area contributed by atoms with Crippen LogP contribution in [0.1, 0.15) is 47.9 Å². The molecule has 1 aromatic heterocycles. The van der Waals surface area contributed by atoms with Crippen molar-refractivity contribution >= 4 is 40.3 Å². The molecule has 0 unspecified atom stereocenters. The molecule has 1 aromatic rings. The number of fused-ring (bicyclic) bond motifs is 5. The number of aliphatic imine (C=N–C) groups is 1. The molecule has 0 saturated heterocycles. The van der Waals surface area contributed by atoms with Crippen LogP contribution < -0.4 is 5.32 Å². The number of thiophene rings is 1. The van der Waals surface area contributed by atoms with Crippen molar-refractivity contribution in [2.24, 2.45) is 10.1 Å². The number of rotatable bonds is 3. The molecule has 3 aliphatic rings. The molecule has 0 bridgehead atoms. The van der Waals surface area contributed by atoms with E-state index in [4.69, 9.17) is 5.11 Å². The van der Waals surface area contributed by atoms with Crippen LogP contribution in [0.5, 0.6) is 0 Å². The van der Waals surface area contributed by atoms with E-state index < -0.39 is 5.97 Å². The molecule has 0 fully saturated rings. The molecule has 120 valence electrons. The molecule has 23 heavy (non-hydrogen) atoms. The van der Waals surface area contributed by atoms with Crippen molar-refractivity contribution in [2.45, 2.75) is 44.7 Å². The third-order valence-corrected chi connectivity index (χ3v) is 5.58. The summed E-state index contributed by atoms with van der Waals surface area (Å²) in [6.07, 6.45) is 5.77. The molecule has 1 atom stereocenters. The van der Waals surface area contributed by atoms with Gasteiger partial charge in [0.2, 0.25) is 0 Å². The normalized spacial score (nSPS) is 21.9. The Hall–Kier alpha value is -2.22. The largest absolute Gasteiger partial charge is 0.481 e. The number of hydrogen-bond acceptors (Lipinski definition) is 6. The number of carboxylic acids is 1. The van der Waals surface area contributed by atoms with E-state index in [1.165, 1.54) is 16.9 Å². The van der Waals surface area contributed by atoms with Gasteiger partial charge in [-0.3, -0.25) is 9.59 Å². The average molecular weight is 332 g/mol. The van der Waals surface area contributed by atoms with Gasteiger partial charge in [-0.25, -0.2) is 10.0 Å². The first-order valence-electron chi connectivity index (χ1n) is 7.70. The number of aryl methyl sites for hydroxylation is 1. The second-order valence-corrected chi connectivity index (χ2v) is 6.95. The van der Waals surface area contributed by atoms with Crippen LogP contribution in [0.3, 0.4) is 0 Å². The Kier molecular flexibility index (Phi) is 3.41. The summed E-state index contributed by atoms with van der Waals surface area (Å²) in [5.41, 5.74) is 2.62. The van der Waals surface area contributed by atoms with Gasteiger partial charge in [0.25, 0.3) is 5.91 Å². The van der Waals surface area contributed by atoms with Crippen molar-refractivity contribution in [3.63, 3.8) is 0 Å². The Morgan fingerprint density at radius 2 is 2.26 bits per heavy atom. The molecule has 1 amide bonds. The molecule has 7 nitrogen and oxygen atoms in total. The van der Waals surface area contributed by atoms with Crippen molar-refractivity contribution in [3.8, 4) is 0 Å². The average Bonchev–Trinajstić information content (AvgIpc) is 2.91. The first-order chi connectivity index (χ1) is 11.1. The summed E-state index contributed by atoms with van der Waals surface area (Å²) in [5.74, 6) is -1.23. The Labute approximate surface area is 136 Å². The predicted molar refractivity (Wildman–Crippen MR) is 86.1 cm³/mol. The molecule has 3 heterocycles. The molecule has 8 heteroatoms. The van der Waals surface area contributed by atoms with Crippen LogP contribution in [0.25, 0.3) is 0 Å². The van der Waals surface area contributed by atoms with E-state index in [1.54, 1.807) is 22.7 Å². The summed E-state index contributed by atoms with van der Waals surface area (Å²) in [4.78, 5) is 28.8. The summed E-state index contributed by atoms with van der Waals surface area (Å²) in [6, 6.07) is 0. The number of aliphatic carboxylic acids is 1. The van der Waals surface area contributed by atoms with Crippen molar-refractivity contribution in [2.75, 3.05) is 0 Å². The van der Waals surface area contributed by atoms with Crippen molar-refractivity contribution in [1.82, 2.24) is 10.3 Å². The van der Waals surface area contributed by atoms with Crippen molar-refractivity contribution in [3.05, 3.63) is 16.0 Å². The standard InChI is InChI=1S/C15H16N4O3S/c20-11(21)6-5-9-14(22)17-13-12-8-3-1-2-4-10(8)23-15(12)16-7-19(13)18-9/h7,13H,1-6H2,(H,17,22)(H,20,21)/t13-/m0/s1. The lowest BCUT2D eigenvalue weighted by Crippen LogP contribution is -2.48. The number of carboxylic acid groups (broad SMARTS) is 1. The second kappa shape index (κ2) is 5.45. The molecule has 0 saturated carbocycles. The van der Waals surface area contributed by atoms with E-state index in [0.29, 0.717) is 0 Å². The Morgan fingerprint density at radius 1 is 1.43 bits per heavy atom. The summed E-state index contributed by atoms with van der Waals surface area (Å²) in [5, 5.41) is 18.7. The van der Waals surface area contributed by atoms with Crippen LogP contribution in [0.2, 0.25) is 0 Å². The molecule has 2 N–H and O–H groups in total. The lowest BCUT2D eigenvalue weighted by atomic mass is 9.93. The molecular formula is C15H16N4O3S. The van der Waals surface area contributed by atoms with Crippen LogP contribution >= 0.6 is 11.3 Å². The lowest BCUT2D eigenvalue weighted by molar-refractivity contribution is -0.136. The molecule has 4 rings (SSSR count). The fourth-order valence-electron chi connectivity index (χ4n) is 3.27. The first kappa shape index (κ1) is 14.4. The van der Waals surface area contributed by atoms with Gasteiger partial charge in [0.05, 0.1) is 6.42 Å². The summed E-state index contributed by atoms with van der Waals surface area (Å²) < 4.78 is 0. The quantitative estimate of drug-likeness (QED) is 0.884. The maximum Gasteiger partial charge on any atom is 0.303 e. The summed E-state index contributed by atoms with van der Waals surface area (Å²) >= 11 is 1.71. The zero-order valence-corrected chi connectivity index (χ0v) is 13.2. The number of carbonyl (C=O) groups is 2. The zero-order chi connectivity index (χ0) is 16.0. The molecular weight excluding hydrogens is 316 g/mol. The molecule has 1 aliphatic carbocycles. The van der Waals surface area contributed by atoms with Crippen LogP contribution in [0.4, 0.5) is 5.00 Å². The van der Waals surface area contributed by atoms with E-state index in [1.807, 2.05) is 0 Å². The first-order valence-corrected chi connectivity index (χ1v) is 8.52. The van der Waals surface area contributed by atoms with Gasteiger partial charge in [0.1, 0.15) is 17.1 Å². The van der Waals surface area contributed by atoms with Crippen molar-refractivity contribution < 1.29 is 14.7 Å². The molecule has 0 radical (unpaired) electrons. The van der Waals surface area contributed by atoms with Gasteiger partial charge in [-0.1, -0.05) is 0 Å². The third-order valence-electron chi connectivity index (χ3n) is 4.37. The van der Waals surface area contributed by atoms with E-state index in [0.717, 1.165) is 29.8 Å². The Balaban J connectivity index is 1.67. The third kappa shape index (κ3) is 2.42. The van der Waals surface area contributed by atoms with Gasteiger partial charge in [-0.2, -0.15) is 5.10 Å². The van der Waals surface area contributed by atoms with E-state index >= 15 is 0 Å². The number of hydrogen-bond donors (Lipinski definition) is 2. The fourth-order valence-corrected chi connectivity index (χ4v) is 4.53. The second-order valence-electron chi connectivity index (χ2n) is 5.87. The minimum Gasteiger partial charge on any atom is -0.481 e. The molecule has 0 spiro atoms. The van der Waals surface area contributed by atoms with Gasteiger partial charge in [0, 0.05) is 16.9 Å². The van der Waals surface area contributed by atoms with Gasteiger partial charge in [-0.05, 0) is 31.2 Å². The molecule has 0 aromatic carbocycles. The van der Waals surface area contributed by atoms with Gasteiger partial charge < -0.3 is 10.4 Å². The van der Waals surface area contributed by atoms with Crippen LogP contribution in [0.15, 0.2) is 10.1 Å². The summed E-state index contributed by atoms with van der Waals surface area (Å²) in [7, 11) is 0. The highest BCUT2D eigenvalue weighted by molar-refractivity contribution is 7.16. The van der Waals surface area contributed by atoms with Crippen LogP contribution in [-0.2, 0) is 22.4 Å². The van der Waals surface area contributed by atoms with Gasteiger partial charge >= 0.3 is 5.97 Å². The van der Waals surface area contributed by atoms with E-state index in [2.05, 4.69) is 15.4 Å². The van der Waals surface area contributed by atoms with Crippen LogP contribution in [0, 0.1) is 0 Å². The van der Waals surface area contributed by atoms with Gasteiger partial charge in [-0.15, -0.1) is 11.3 Å². The van der Waals surface area contributed by atoms with E-state index in [-0.39, 0.29) is 30.6 Å². The topological polar surface area (TPSA) is 94.4 Å². The SMILES string of the molecule is O=C(O)CCC1=NN2C=Nc3sc4c(c3[C@H]2NC1=O)CCCC4. The predicted octanol–water partition coefficient (Wildman–Crippen LogP) is 1.95. The Bertz CT molecular complexity index is 752. The Morgan fingerprint density at radius 3 is 3.09 bits per heavy atom. The maximum absolute atomic E-state index is 12.3. The number of nitrogens with zero attached hydrogens (tertiary/aromatic N) is 3. The minimum absolute atomic E-state index is 0.110. The fraction of sp³-hybridized carbons (Fsp3) is 0.467. The highest BCUT2D eigenvalue weighted by atomic mass is 32.1. The highest BCUT2D eigenvalue weighted by Gasteiger charge is 2.36. The zero-order valence-electron chi connectivity index (χ0n) is 12.4. The number of hydrazone groups is 1. The summed E-state index contributed by atoms with van der Waals surface area (Å²) in [6.45, 7) is 0. The molecule has 2 aliphatic heterocycles. The van der Waals surface area contributed by atoms with Gasteiger partial charge in [0.15, 0.2) is 6.17 Å². The number of amides is 1. The van der Waals surface area contributed by atoms with Crippen LogP contribution in [-0.4, -0.2) is 34.0 Å². The van der Waals surface area contributed by atoms with Crippen molar-refractivity contribution in [1.29, 1.82) is 0 Å². The lowest BCUT2D eigenvalue weighted by Gasteiger charge is -2.34. The smallest absolute Gasteiger partial charge is 0.303 e.